The Morgan fingerprint density at radius 3 is 2.89 bits per heavy atom. The first-order valence-electron chi connectivity index (χ1n) is 7.19. The molecule has 1 saturated carbocycles. The molecule has 3 unspecified atom stereocenters. The van der Waals surface area contributed by atoms with Crippen molar-refractivity contribution >= 4 is 33.2 Å². The Kier molecular flexibility index (Phi) is 4.35. The topological polar surface area (TPSA) is 24.1 Å². The summed E-state index contributed by atoms with van der Waals surface area (Å²) >= 11 is 9.80. The molecule has 1 aliphatic carbocycles. The van der Waals surface area contributed by atoms with Gasteiger partial charge in [0.2, 0.25) is 0 Å². The van der Waals surface area contributed by atoms with Crippen LogP contribution in [0.2, 0.25) is 5.02 Å². The van der Waals surface area contributed by atoms with Gasteiger partial charge in [0, 0.05) is 16.6 Å². The van der Waals surface area contributed by atoms with E-state index in [0.29, 0.717) is 12.1 Å². The summed E-state index contributed by atoms with van der Waals surface area (Å²) in [4.78, 5) is 0. The predicted octanol–water partition coefficient (Wildman–Crippen LogP) is 4.44. The van der Waals surface area contributed by atoms with Crippen molar-refractivity contribution in [3.05, 3.63) is 27.7 Å². The van der Waals surface area contributed by atoms with Crippen LogP contribution in [-0.2, 0) is 0 Å². The molecule has 1 aliphatic heterocycles. The highest BCUT2D eigenvalue weighted by Crippen LogP contribution is 2.36. The van der Waals surface area contributed by atoms with Crippen molar-refractivity contribution < 1.29 is 0 Å². The molecule has 0 bridgehead atoms. The number of nitrogens with one attached hydrogen (secondary N) is 2. The quantitative estimate of drug-likeness (QED) is 0.848. The average Bonchev–Trinajstić information content (AvgIpc) is 3.03. The second kappa shape index (κ2) is 6.02. The molecule has 4 heteroatoms. The van der Waals surface area contributed by atoms with Gasteiger partial charge in [0.25, 0.3) is 0 Å². The van der Waals surface area contributed by atoms with E-state index in [1.54, 1.807) is 0 Å². The normalized spacial score (nSPS) is 30.7. The molecule has 104 valence electrons. The molecule has 2 nitrogen and oxygen atoms in total. The number of hydrogen-bond donors (Lipinski definition) is 2. The summed E-state index contributed by atoms with van der Waals surface area (Å²) in [6.07, 6.45) is 6.57. The molecule has 2 fully saturated rings. The van der Waals surface area contributed by atoms with Crippen LogP contribution in [0, 0.1) is 5.92 Å². The zero-order valence-corrected chi connectivity index (χ0v) is 13.3. The van der Waals surface area contributed by atoms with Crippen LogP contribution in [0.25, 0.3) is 0 Å². The third kappa shape index (κ3) is 3.09. The first-order chi connectivity index (χ1) is 9.24. The summed E-state index contributed by atoms with van der Waals surface area (Å²) in [6, 6.07) is 7.28. The van der Waals surface area contributed by atoms with Gasteiger partial charge in [-0.3, -0.25) is 0 Å². The Balaban J connectivity index is 1.72. The smallest absolute Gasteiger partial charge is 0.0638 e. The van der Waals surface area contributed by atoms with E-state index in [-0.39, 0.29) is 0 Å². The summed E-state index contributed by atoms with van der Waals surface area (Å²) in [5.41, 5.74) is 1.06. The fourth-order valence-corrected chi connectivity index (χ4v) is 4.07. The molecule has 0 radical (unpaired) electrons. The molecule has 1 aromatic rings. The molecular formula is C15H20BrClN2. The summed E-state index contributed by atoms with van der Waals surface area (Å²) in [6.45, 7) is 1.19. The minimum absolute atomic E-state index is 0.558. The van der Waals surface area contributed by atoms with Crippen LogP contribution in [0.3, 0.4) is 0 Å². The molecule has 0 spiro atoms. The van der Waals surface area contributed by atoms with E-state index < -0.39 is 0 Å². The fourth-order valence-electron chi connectivity index (χ4n) is 3.53. The van der Waals surface area contributed by atoms with E-state index in [0.717, 1.165) is 21.1 Å². The Hall–Kier alpha value is -0.250. The highest BCUT2D eigenvalue weighted by molar-refractivity contribution is 9.10. The van der Waals surface area contributed by atoms with Crippen molar-refractivity contribution in [1.82, 2.24) is 5.32 Å². The molecule has 3 atom stereocenters. The van der Waals surface area contributed by atoms with Gasteiger partial charge in [-0.05, 0) is 56.3 Å². The summed E-state index contributed by atoms with van der Waals surface area (Å²) in [5, 5.41) is 8.15. The van der Waals surface area contributed by atoms with Gasteiger partial charge in [-0.1, -0.05) is 34.0 Å². The van der Waals surface area contributed by atoms with Crippen LogP contribution in [-0.4, -0.2) is 18.6 Å². The Morgan fingerprint density at radius 1 is 1.21 bits per heavy atom. The number of benzene rings is 1. The number of halogens is 2. The molecule has 0 aromatic heterocycles. The minimum Gasteiger partial charge on any atom is -0.381 e. The van der Waals surface area contributed by atoms with Gasteiger partial charge in [0.05, 0.1) is 10.7 Å². The van der Waals surface area contributed by atoms with Gasteiger partial charge in [-0.2, -0.15) is 0 Å². The summed E-state index contributed by atoms with van der Waals surface area (Å²) in [5.74, 6) is 0.748. The molecule has 1 aromatic carbocycles. The van der Waals surface area contributed by atoms with Crippen molar-refractivity contribution in [2.45, 2.75) is 44.2 Å². The van der Waals surface area contributed by atoms with Gasteiger partial charge in [-0.15, -0.1) is 0 Å². The monoisotopic (exact) mass is 342 g/mol. The zero-order valence-electron chi connectivity index (χ0n) is 11.0. The van der Waals surface area contributed by atoms with Crippen LogP contribution in [0.4, 0.5) is 5.69 Å². The minimum atomic E-state index is 0.558. The molecule has 2 N–H and O–H groups in total. The van der Waals surface area contributed by atoms with Gasteiger partial charge >= 0.3 is 0 Å². The van der Waals surface area contributed by atoms with E-state index in [9.17, 15) is 0 Å². The molecular weight excluding hydrogens is 324 g/mol. The maximum absolute atomic E-state index is 6.28. The van der Waals surface area contributed by atoms with Crippen LogP contribution in [0.1, 0.15) is 32.1 Å². The van der Waals surface area contributed by atoms with Crippen LogP contribution in [0.5, 0.6) is 0 Å². The van der Waals surface area contributed by atoms with Crippen molar-refractivity contribution in [2.24, 2.45) is 5.92 Å². The van der Waals surface area contributed by atoms with Crippen molar-refractivity contribution in [3.63, 3.8) is 0 Å². The van der Waals surface area contributed by atoms with E-state index in [1.807, 2.05) is 12.1 Å². The lowest BCUT2D eigenvalue weighted by Crippen LogP contribution is -2.38. The van der Waals surface area contributed by atoms with Gasteiger partial charge in [0.15, 0.2) is 0 Å². The molecule has 1 saturated heterocycles. The molecule has 2 aliphatic rings. The van der Waals surface area contributed by atoms with E-state index in [2.05, 4.69) is 32.6 Å². The fraction of sp³-hybridized carbons (Fsp3) is 0.600. The highest BCUT2D eigenvalue weighted by atomic mass is 79.9. The lowest BCUT2D eigenvalue weighted by Gasteiger charge is -2.27. The Labute approximate surface area is 128 Å². The average molecular weight is 344 g/mol. The van der Waals surface area contributed by atoms with E-state index >= 15 is 0 Å². The largest absolute Gasteiger partial charge is 0.381 e. The Bertz CT molecular complexity index is 446. The molecule has 0 amide bonds. The SMILES string of the molecule is Clc1ccc(Br)cc1NC1CCCC1C1CCCN1. The van der Waals surface area contributed by atoms with E-state index in [1.165, 1.54) is 38.6 Å². The number of anilines is 1. The van der Waals surface area contributed by atoms with Gasteiger partial charge < -0.3 is 10.6 Å². The van der Waals surface area contributed by atoms with Crippen molar-refractivity contribution in [1.29, 1.82) is 0 Å². The molecule has 3 rings (SSSR count). The van der Waals surface area contributed by atoms with Crippen molar-refractivity contribution in [3.8, 4) is 0 Å². The van der Waals surface area contributed by atoms with Crippen molar-refractivity contribution in [2.75, 3.05) is 11.9 Å². The first-order valence-corrected chi connectivity index (χ1v) is 8.36. The van der Waals surface area contributed by atoms with E-state index in [4.69, 9.17) is 11.6 Å². The van der Waals surface area contributed by atoms with Crippen LogP contribution >= 0.6 is 27.5 Å². The standard InChI is InChI=1S/C15H20BrClN2/c16-10-6-7-12(17)15(9-10)19-14-4-1-3-11(14)13-5-2-8-18-13/h6-7,9,11,13-14,18-19H,1-5,8H2. The van der Waals surface area contributed by atoms with Crippen LogP contribution in [0.15, 0.2) is 22.7 Å². The lowest BCUT2D eigenvalue weighted by molar-refractivity contribution is 0.376. The maximum Gasteiger partial charge on any atom is 0.0638 e. The van der Waals surface area contributed by atoms with Gasteiger partial charge in [-0.25, -0.2) is 0 Å². The molecule has 19 heavy (non-hydrogen) atoms. The first kappa shape index (κ1) is 13.7. The van der Waals surface area contributed by atoms with Gasteiger partial charge in [0.1, 0.15) is 0 Å². The predicted molar refractivity (Wildman–Crippen MR) is 84.9 cm³/mol. The highest BCUT2D eigenvalue weighted by Gasteiger charge is 2.35. The maximum atomic E-state index is 6.28. The zero-order chi connectivity index (χ0) is 13.2. The third-order valence-electron chi connectivity index (χ3n) is 4.45. The molecule has 1 heterocycles. The summed E-state index contributed by atoms with van der Waals surface area (Å²) < 4.78 is 1.08. The third-order valence-corrected chi connectivity index (χ3v) is 5.28. The second-order valence-electron chi connectivity index (χ2n) is 5.67. The second-order valence-corrected chi connectivity index (χ2v) is 7.00. The Morgan fingerprint density at radius 2 is 2.11 bits per heavy atom. The summed E-state index contributed by atoms with van der Waals surface area (Å²) in [7, 11) is 0. The number of hydrogen-bond acceptors (Lipinski definition) is 2. The van der Waals surface area contributed by atoms with Crippen LogP contribution < -0.4 is 10.6 Å². The lowest BCUT2D eigenvalue weighted by atomic mass is 9.93. The number of rotatable bonds is 3.